The molecule has 0 aliphatic rings. The molecule has 0 aliphatic carbocycles. The lowest BCUT2D eigenvalue weighted by atomic mass is 10.1. The molecular weight excluding hydrogens is 296 g/mol. The van der Waals surface area contributed by atoms with Gasteiger partial charge in [-0.15, -0.1) is 0 Å². The van der Waals surface area contributed by atoms with Crippen molar-refractivity contribution in [1.82, 2.24) is 0 Å². The van der Waals surface area contributed by atoms with E-state index in [1.54, 1.807) is 44.4 Å². The highest BCUT2D eigenvalue weighted by molar-refractivity contribution is 5.96. The number of hydrogen-bond donors (Lipinski definition) is 2. The number of carbonyl (C=O) groups excluding carboxylic acids is 1. The van der Waals surface area contributed by atoms with E-state index in [1.807, 2.05) is 0 Å². The van der Waals surface area contributed by atoms with Crippen LogP contribution in [0.25, 0.3) is 0 Å². The smallest absolute Gasteiger partial charge is 0.335 e. The molecule has 0 aromatic heterocycles. The van der Waals surface area contributed by atoms with Crippen molar-refractivity contribution in [3.8, 4) is 0 Å². The Hall–Kier alpha value is -2.66. The molecule has 0 bridgehead atoms. The number of aliphatic hydroxyl groups excluding tert-OH is 1. The third kappa shape index (κ3) is 7.78. The van der Waals surface area contributed by atoms with Crippen LogP contribution in [0.1, 0.15) is 29.8 Å². The Labute approximate surface area is 136 Å². The highest BCUT2D eigenvalue weighted by Gasteiger charge is 2.03. The summed E-state index contributed by atoms with van der Waals surface area (Å²) in [5.41, 5.74) is 1.53. The summed E-state index contributed by atoms with van der Waals surface area (Å²) in [6, 6.07) is 6.62. The molecule has 23 heavy (non-hydrogen) atoms. The van der Waals surface area contributed by atoms with Gasteiger partial charge in [0.15, 0.2) is 5.78 Å². The van der Waals surface area contributed by atoms with E-state index >= 15 is 0 Å². The van der Waals surface area contributed by atoms with Gasteiger partial charge in [0.05, 0.1) is 17.7 Å². The highest BCUT2D eigenvalue weighted by atomic mass is 16.5. The minimum Gasteiger partial charge on any atom is -0.507 e. The number of carbonyl (C=O) groups is 2. The van der Waals surface area contributed by atoms with E-state index in [0.29, 0.717) is 12.2 Å². The fourth-order valence-corrected chi connectivity index (χ4v) is 1.59. The molecule has 0 fully saturated rings. The average Bonchev–Trinajstić information content (AvgIpc) is 2.49. The fraction of sp³-hybridized carbons (Fsp3) is 0.222. The summed E-state index contributed by atoms with van der Waals surface area (Å²) < 4.78 is 4.88. The summed E-state index contributed by atoms with van der Waals surface area (Å²) in [5.74, 6) is -1.12. The molecule has 1 aromatic rings. The normalized spacial score (nSPS) is 11.3. The van der Waals surface area contributed by atoms with Crippen molar-refractivity contribution in [3.63, 3.8) is 0 Å². The topological polar surface area (TPSA) is 83.8 Å². The van der Waals surface area contributed by atoms with Crippen LogP contribution in [0.3, 0.4) is 0 Å². The van der Waals surface area contributed by atoms with E-state index in [9.17, 15) is 14.7 Å². The molecule has 124 valence electrons. The third-order valence-corrected chi connectivity index (χ3v) is 2.70. The number of rotatable bonds is 6. The van der Waals surface area contributed by atoms with E-state index < -0.39 is 5.97 Å². The number of Topliss-reactive ketones (excluding diaryl/α,β-unsaturated/α-hetero) is 1. The second kappa shape index (κ2) is 11.0. The van der Waals surface area contributed by atoms with E-state index in [0.717, 1.165) is 5.56 Å². The van der Waals surface area contributed by atoms with Gasteiger partial charge in [-0.05, 0) is 37.6 Å². The standard InChI is InChI=1S/C9H10O3.C9H12O2/c1-12-6-7-2-4-8(5-3-7)9(10)11;1-4-6-9(11)8(5-2)7(3)10/h2-5H,6H2,1H3,(H,10,11);4-6,11H,2H2,1,3H3/b;6-4-,9-8-. The number of aliphatic hydroxyl groups is 1. The largest absolute Gasteiger partial charge is 0.507 e. The number of aromatic carboxylic acids is 1. The van der Waals surface area contributed by atoms with Gasteiger partial charge in [-0.25, -0.2) is 4.79 Å². The van der Waals surface area contributed by atoms with Gasteiger partial charge in [0.2, 0.25) is 0 Å². The minimum atomic E-state index is -0.904. The summed E-state index contributed by atoms with van der Waals surface area (Å²) in [5, 5.41) is 17.8. The van der Waals surface area contributed by atoms with Crippen molar-refractivity contribution in [2.24, 2.45) is 0 Å². The Morgan fingerprint density at radius 3 is 2.13 bits per heavy atom. The molecular formula is C18H22O5. The van der Waals surface area contributed by atoms with Crippen molar-refractivity contribution in [2.75, 3.05) is 7.11 Å². The average molecular weight is 318 g/mol. The van der Waals surface area contributed by atoms with Gasteiger partial charge in [0.1, 0.15) is 5.76 Å². The zero-order valence-corrected chi connectivity index (χ0v) is 13.6. The number of ketones is 1. The van der Waals surface area contributed by atoms with Gasteiger partial charge in [0, 0.05) is 7.11 Å². The summed E-state index contributed by atoms with van der Waals surface area (Å²) in [6.45, 7) is 7.07. The number of hydrogen-bond acceptors (Lipinski definition) is 4. The van der Waals surface area contributed by atoms with Crippen LogP contribution >= 0.6 is 0 Å². The minimum absolute atomic E-state index is 0.0324. The Morgan fingerprint density at radius 2 is 1.78 bits per heavy atom. The second-order valence-corrected chi connectivity index (χ2v) is 4.49. The van der Waals surface area contributed by atoms with Crippen molar-refractivity contribution in [1.29, 1.82) is 0 Å². The highest BCUT2D eigenvalue weighted by Crippen LogP contribution is 2.05. The molecule has 0 aliphatic heterocycles. The molecule has 0 spiro atoms. The van der Waals surface area contributed by atoms with Gasteiger partial charge < -0.3 is 14.9 Å². The summed E-state index contributed by atoms with van der Waals surface area (Å²) in [7, 11) is 1.60. The van der Waals surface area contributed by atoms with E-state index in [4.69, 9.17) is 9.84 Å². The Morgan fingerprint density at radius 1 is 1.22 bits per heavy atom. The van der Waals surface area contributed by atoms with E-state index in [2.05, 4.69) is 6.58 Å². The van der Waals surface area contributed by atoms with E-state index in [-0.39, 0.29) is 17.1 Å². The van der Waals surface area contributed by atoms with Crippen molar-refractivity contribution in [2.45, 2.75) is 20.5 Å². The van der Waals surface area contributed by atoms with E-state index in [1.165, 1.54) is 19.1 Å². The predicted molar refractivity (Wildman–Crippen MR) is 89.5 cm³/mol. The number of benzene rings is 1. The van der Waals surface area contributed by atoms with Crippen LogP contribution in [-0.4, -0.2) is 29.1 Å². The molecule has 0 amide bonds. The fourth-order valence-electron chi connectivity index (χ4n) is 1.59. The number of methoxy groups -OCH3 is 1. The lowest BCUT2D eigenvalue weighted by molar-refractivity contribution is -0.113. The van der Waals surface area contributed by atoms with Gasteiger partial charge >= 0.3 is 5.97 Å². The maximum Gasteiger partial charge on any atom is 0.335 e. The Balaban J connectivity index is 0.000000423. The molecule has 0 unspecified atom stereocenters. The van der Waals surface area contributed by atoms with Gasteiger partial charge in [-0.1, -0.05) is 30.9 Å². The van der Waals surface area contributed by atoms with Crippen LogP contribution in [0.2, 0.25) is 0 Å². The zero-order chi connectivity index (χ0) is 17.8. The third-order valence-electron chi connectivity index (χ3n) is 2.70. The quantitative estimate of drug-likeness (QED) is 0.475. The molecule has 0 radical (unpaired) electrons. The van der Waals surface area contributed by atoms with Crippen LogP contribution in [0, 0.1) is 0 Å². The molecule has 1 aromatic carbocycles. The van der Waals surface area contributed by atoms with Gasteiger partial charge in [-0.3, -0.25) is 4.79 Å². The van der Waals surface area contributed by atoms with Crippen LogP contribution in [0.4, 0.5) is 0 Å². The summed E-state index contributed by atoms with van der Waals surface area (Å²) in [6.07, 6.45) is 4.46. The van der Waals surface area contributed by atoms with Crippen molar-refractivity contribution in [3.05, 3.63) is 71.5 Å². The van der Waals surface area contributed by atoms with Gasteiger partial charge in [0.25, 0.3) is 0 Å². The Bertz CT molecular complexity index is 594. The molecule has 0 heterocycles. The van der Waals surface area contributed by atoms with Crippen LogP contribution in [0.5, 0.6) is 0 Å². The molecule has 5 nitrogen and oxygen atoms in total. The molecule has 0 saturated carbocycles. The molecule has 0 saturated heterocycles. The Kier molecular flexibility index (Phi) is 9.71. The van der Waals surface area contributed by atoms with Crippen molar-refractivity contribution < 1.29 is 24.5 Å². The first-order chi connectivity index (χ1) is 10.9. The molecule has 2 N–H and O–H groups in total. The summed E-state index contributed by atoms with van der Waals surface area (Å²) in [4.78, 5) is 21.2. The zero-order valence-electron chi connectivity index (χ0n) is 13.6. The second-order valence-electron chi connectivity index (χ2n) is 4.49. The summed E-state index contributed by atoms with van der Waals surface area (Å²) >= 11 is 0. The van der Waals surface area contributed by atoms with Crippen LogP contribution in [-0.2, 0) is 16.1 Å². The molecule has 5 heteroatoms. The van der Waals surface area contributed by atoms with Crippen molar-refractivity contribution >= 4 is 11.8 Å². The first-order valence-electron chi connectivity index (χ1n) is 6.87. The van der Waals surface area contributed by atoms with Crippen LogP contribution in [0.15, 0.2) is 60.4 Å². The number of carboxylic acid groups (broad SMARTS) is 1. The lowest BCUT2D eigenvalue weighted by Gasteiger charge is -1.99. The maximum atomic E-state index is 10.8. The van der Waals surface area contributed by atoms with Crippen LogP contribution < -0.4 is 0 Å². The maximum absolute atomic E-state index is 10.8. The monoisotopic (exact) mass is 318 g/mol. The SMILES string of the molecule is C=C/C(C(C)=O)=C(O)\C=C/C.COCc1ccc(C(=O)O)cc1. The molecule has 1 rings (SSSR count). The number of ether oxygens (including phenoxy) is 1. The molecule has 0 atom stereocenters. The number of allylic oxidation sites excluding steroid dienone is 4. The first-order valence-corrected chi connectivity index (χ1v) is 6.87. The number of carboxylic acids is 1. The van der Waals surface area contributed by atoms with Gasteiger partial charge in [-0.2, -0.15) is 0 Å². The predicted octanol–water partition coefficient (Wildman–Crippen LogP) is 3.68. The first kappa shape index (κ1) is 20.3. The lowest BCUT2D eigenvalue weighted by Crippen LogP contribution is -1.96.